The standard InChI is InChI=1S/C30H33F5N6O3/c1-28(2,3)44-27(43)41-15-13-40(14-16-41)19-21-17-22(6-7-24(21)29(31,32)30(33,34)35)39-26(42)23-5-4-10-37-25(23)38-18-20-8-11-36-12-9-20/h4-12,17H,13-16,18-19H2,1-3H3,(H,37,38)(H,39,42). The fourth-order valence-electron chi connectivity index (χ4n) is 4.53. The largest absolute Gasteiger partial charge is 0.458 e. The summed E-state index contributed by atoms with van der Waals surface area (Å²) in [6, 6.07) is 9.43. The lowest BCUT2D eigenvalue weighted by Gasteiger charge is -2.36. The SMILES string of the molecule is CC(C)(C)OC(=O)N1CCN(Cc2cc(NC(=O)c3cccnc3NCc3ccncc3)ccc2C(F)(F)C(F)(F)F)CC1. The molecule has 1 aliphatic rings. The average Bonchev–Trinajstić information content (AvgIpc) is 2.95. The van der Waals surface area contributed by atoms with Crippen LogP contribution in [0.3, 0.4) is 0 Å². The van der Waals surface area contributed by atoms with E-state index in [0.717, 1.165) is 17.7 Å². The molecular weight excluding hydrogens is 587 g/mol. The molecule has 44 heavy (non-hydrogen) atoms. The normalized spacial score (nSPS) is 14.7. The quantitative estimate of drug-likeness (QED) is 0.296. The molecule has 2 N–H and O–H groups in total. The summed E-state index contributed by atoms with van der Waals surface area (Å²) in [5, 5.41) is 5.66. The molecule has 0 spiro atoms. The number of amides is 2. The molecule has 2 amide bonds. The van der Waals surface area contributed by atoms with E-state index in [4.69, 9.17) is 4.74 Å². The van der Waals surface area contributed by atoms with Crippen LogP contribution in [0.25, 0.3) is 0 Å². The number of aromatic nitrogens is 2. The van der Waals surface area contributed by atoms with Gasteiger partial charge in [0.15, 0.2) is 0 Å². The average molecular weight is 621 g/mol. The number of nitrogens with zero attached hydrogens (tertiary/aromatic N) is 4. The Labute approximate surface area is 251 Å². The van der Waals surface area contributed by atoms with E-state index in [1.807, 2.05) is 0 Å². The highest BCUT2D eigenvalue weighted by Crippen LogP contribution is 2.45. The van der Waals surface area contributed by atoms with Crippen LogP contribution in [0.4, 0.5) is 38.3 Å². The Kier molecular flexibility index (Phi) is 9.72. The van der Waals surface area contributed by atoms with E-state index in [2.05, 4.69) is 20.6 Å². The topological polar surface area (TPSA) is 99.7 Å². The van der Waals surface area contributed by atoms with Gasteiger partial charge in [0, 0.05) is 69.1 Å². The molecule has 0 radical (unpaired) electrons. The van der Waals surface area contributed by atoms with Crippen molar-refractivity contribution in [1.29, 1.82) is 0 Å². The van der Waals surface area contributed by atoms with Crippen molar-refractivity contribution in [3.8, 4) is 0 Å². The summed E-state index contributed by atoms with van der Waals surface area (Å²) in [5.74, 6) is -5.51. The second kappa shape index (κ2) is 13.1. The third-order valence-corrected chi connectivity index (χ3v) is 6.74. The van der Waals surface area contributed by atoms with Crippen LogP contribution < -0.4 is 10.6 Å². The molecule has 1 aromatic carbocycles. The van der Waals surface area contributed by atoms with Gasteiger partial charge in [-0.3, -0.25) is 14.7 Å². The Morgan fingerprint density at radius 3 is 2.25 bits per heavy atom. The molecule has 14 heteroatoms. The van der Waals surface area contributed by atoms with Gasteiger partial charge in [-0.1, -0.05) is 6.07 Å². The molecule has 0 saturated carbocycles. The van der Waals surface area contributed by atoms with E-state index < -0.39 is 35.3 Å². The Hall–Kier alpha value is -4.33. The fraction of sp³-hybridized carbons (Fsp3) is 0.400. The molecule has 1 fully saturated rings. The first-order chi connectivity index (χ1) is 20.6. The number of ether oxygens (including phenoxy) is 1. The molecule has 3 heterocycles. The second-order valence-corrected chi connectivity index (χ2v) is 11.3. The molecule has 0 atom stereocenters. The summed E-state index contributed by atoms with van der Waals surface area (Å²) in [7, 11) is 0. The summed E-state index contributed by atoms with van der Waals surface area (Å²) in [4.78, 5) is 36.9. The van der Waals surface area contributed by atoms with Crippen LogP contribution in [0.2, 0.25) is 0 Å². The lowest BCUT2D eigenvalue weighted by molar-refractivity contribution is -0.289. The monoisotopic (exact) mass is 620 g/mol. The first kappa shape index (κ1) is 32.6. The van der Waals surface area contributed by atoms with E-state index in [-0.39, 0.29) is 55.4 Å². The van der Waals surface area contributed by atoms with E-state index in [9.17, 15) is 31.5 Å². The van der Waals surface area contributed by atoms with Crippen molar-refractivity contribution in [3.05, 3.63) is 83.3 Å². The van der Waals surface area contributed by atoms with Gasteiger partial charge in [0.1, 0.15) is 11.4 Å². The molecule has 0 aliphatic carbocycles. The van der Waals surface area contributed by atoms with Gasteiger partial charge >= 0.3 is 18.2 Å². The lowest BCUT2D eigenvalue weighted by atomic mass is 9.99. The van der Waals surface area contributed by atoms with Gasteiger partial charge in [-0.15, -0.1) is 0 Å². The Morgan fingerprint density at radius 2 is 1.61 bits per heavy atom. The third kappa shape index (κ3) is 8.18. The zero-order chi connectivity index (χ0) is 32.1. The van der Waals surface area contributed by atoms with Crippen molar-refractivity contribution >= 4 is 23.5 Å². The van der Waals surface area contributed by atoms with Gasteiger partial charge in [0.25, 0.3) is 5.91 Å². The highest BCUT2D eigenvalue weighted by atomic mass is 19.4. The van der Waals surface area contributed by atoms with Crippen LogP contribution in [0.5, 0.6) is 0 Å². The molecule has 9 nitrogen and oxygen atoms in total. The van der Waals surface area contributed by atoms with Crippen LogP contribution >= 0.6 is 0 Å². The smallest absolute Gasteiger partial charge is 0.444 e. The number of hydrogen-bond donors (Lipinski definition) is 2. The minimum Gasteiger partial charge on any atom is -0.444 e. The molecule has 0 bridgehead atoms. The van der Waals surface area contributed by atoms with Gasteiger partial charge in [0.2, 0.25) is 0 Å². The maximum atomic E-state index is 14.6. The lowest BCUT2D eigenvalue weighted by Crippen LogP contribution is -2.49. The Morgan fingerprint density at radius 1 is 0.932 bits per heavy atom. The Bertz CT molecular complexity index is 1460. The van der Waals surface area contributed by atoms with Crippen LogP contribution in [0.1, 0.15) is 47.8 Å². The number of carbonyl (C=O) groups is 2. The van der Waals surface area contributed by atoms with E-state index in [1.54, 1.807) is 56.3 Å². The molecule has 3 aromatic rings. The molecule has 236 valence electrons. The molecule has 1 aliphatic heterocycles. The van der Waals surface area contributed by atoms with Crippen molar-refractivity contribution < 1.29 is 36.3 Å². The minimum atomic E-state index is -5.83. The number of carbonyl (C=O) groups excluding carboxylic acids is 2. The number of halogens is 5. The Balaban J connectivity index is 1.53. The van der Waals surface area contributed by atoms with Gasteiger partial charge in [-0.25, -0.2) is 9.78 Å². The summed E-state index contributed by atoms with van der Waals surface area (Å²) in [6.45, 7) is 6.09. The maximum Gasteiger partial charge on any atom is 0.458 e. The van der Waals surface area contributed by atoms with E-state index in [1.165, 1.54) is 17.2 Å². The predicted molar refractivity (Wildman–Crippen MR) is 153 cm³/mol. The number of alkyl halides is 5. The molecule has 2 aromatic heterocycles. The van der Waals surface area contributed by atoms with Crippen molar-refractivity contribution in [2.75, 3.05) is 36.8 Å². The number of benzene rings is 1. The molecule has 0 unspecified atom stereocenters. The predicted octanol–water partition coefficient (Wildman–Crippen LogP) is 6.05. The van der Waals surface area contributed by atoms with Crippen molar-refractivity contribution in [3.63, 3.8) is 0 Å². The maximum absolute atomic E-state index is 14.6. The first-order valence-electron chi connectivity index (χ1n) is 13.8. The summed E-state index contributed by atoms with van der Waals surface area (Å²) >= 11 is 0. The van der Waals surface area contributed by atoms with Crippen LogP contribution in [0.15, 0.2) is 61.1 Å². The summed E-state index contributed by atoms with van der Waals surface area (Å²) in [5.41, 5.74) is -1.16. The highest BCUT2D eigenvalue weighted by molar-refractivity contribution is 6.07. The molecule has 4 rings (SSSR count). The van der Waals surface area contributed by atoms with Crippen molar-refractivity contribution in [2.24, 2.45) is 0 Å². The zero-order valence-corrected chi connectivity index (χ0v) is 24.4. The van der Waals surface area contributed by atoms with Crippen LogP contribution in [-0.4, -0.2) is 69.7 Å². The number of pyridine rings is 2. The minimum absolute atomic E-state index is 0.0306. The third-order valence-electron chi connectivity index (χ3n) is 6.74. The van der Waals surface area contributed by atoms with Gasteiger partial charge < -0.3 is 20.3 Å². The molecular formula is C30H33F5N6O3. The van der Waals surface area contributed by atoms with Crippen LogP contribution in [0, 0.1) is 0 Å². The highest BCUT2D eigenvalue weighted by Gasteiger charge is 2.59. The first-order valence-corrected chi connectivity index (χ1v) is 13.8. The number of nitrogens with one attached hydrogen (secondary N) is 2. The summed E-state index contributed by atoms with van der Waals surface area (Å²) in [6.07, 6.45) is -1.63. The van der Waals surface area contributed by atoms with E-state index >= 15 is 0 Å². The summed E-state index contributed by atoms with van der Waals surface area (Å²) < 4.78 is 74.8. The second-order valence-electron chi connectivity index (χ2n) is 11.3. The number of anilines is 2. The van der Waals surface area contributed by atoms with Gasteiger partial charge in [0.05, 0.1) is 5.56 Å². The van der Waals surface area contributed by atoms with Gasteiger partial charge in [-0.2, -0.15) is 22.0 Å². The van der Waals surface area contributed by atoms with E-state index in [0.29, 0.717) is 12.6 Å². The number of hydrogen-bond acceptors (Lipinski definition) is 7. The van der Waals surface area contributed by atoms with Crippen LogP contribution in [-0.2, 0) is 23.7 Å². The van der Waals surface area contributed by atoms with Gasteiger partial charge in [-0.05, 0) is 68.3 Å². The molecule has 1 saturated heterocycles. The van der Waals surface area contributed by atoms with Crippen molar-refractivity contribution in [1.82, 2.24) is 19.8 Å². The zero-order valence-electron chi connectivity index (χ0n) is 24.4. The fourth-order valence-corrected chi connectivity index (χ4v) is 4.53. The van der Waals surface area contributed by atoms with Crippen molar-refractivity contribution in [2.45, 2.75) is 51.6 Å². The number of piperazine rings is 1. The number of rotatable bonds is 8.